The van der Waals surface area contributed by atoms with Gasteiger partial charge in [-0.25, -0.2) is 0 Å². The predicted molar refractivity (Wildman–Crippen MR) is 83.9 cm³/mol. The van der Waals surface area contributed by atoms with Crippen molar-refractivity contribution in [3.63, 3.8) is 0 Å². The van der Waals surface area contributed by atoms with Crippen LogP contribution in [0.25, 0.3) is 22.4 Å². The summed E-state index contributed by atoms with van der Waals surface area (Å²) < 4.78 is 0. The first-order chi connectivity index (χ1) is 9.34. The maximum absolute atomic E-state index is 2.26. The SMILES string of the molecule is CC(=Cc1cccc2ccccc12)c1ccccc1. The third-order valence-corrected chi connectivity index (χ3v) is 3.42. The molecule has 0 N–H and O–H groups in total. The minimum absolute atomic E-state index is 1.27. The fraction of sp³-hybridized carbons (Fsp3) is 0.0526. The van der Waals surface area contributed by atoms with E-state index in [0.29, 0.717) is 0 Å². The van der Waals surface area contributed by atoms with E-state index in [1.807, 2.05) is 0 Å². The number of hydrogen-bond acceptors (Lipinski definition) is 0. The average molecular weight is 244 g/mol. The molecule has 19 heavy (non-hydrogen) atoms. The minimum Gasteiger partial charge on any atom is -0.0622 e. The topological polar surface area (TPSA) is 0 Å². The number of benzene rings is 3. The zero-order valence-corrected chi connectivity index (χ0v) is 11.0. The van der Waals surface area contributed by atoms with E-state index in [2.05, 4.69) is 85.8 Å². The van der Waals surface area contributed by atoms with Gasteiger partial charge in [-0.15, -0.1) is 0 Å². The van der Waals surface area contributed by atoms with Crippen molar-refractivity contribution in [3.8, 4) is 0 Å². The first-order valence-electron chi connectivity index (χ1n) is 6.56. The molecule has 92 valence electrons. The fourth-order valence-electron chi connectivity index (χ4n) is 2.39. The quantitative estimate of drug-likeness (QED) is 0.529. The van der Waals surface area contributed by atoms with E-state index in [4.69, 9.17) is 0 Å². The van der Waals surface area contributed by atoms with Crippen molar-refractivity contribution >= 4 is 22.4 Å². The highest BCUT2D eigenvalue weighted by Crippen LogP contribution is 2.23. The van der Waals surface area contributed by atoms with Crippen molar-refractivity contribution in [1.29, 1.82) is 0 Å². The molecular weight excluding hydrogens is 228 g/mol. The van der Waals surface area contributed by atoms with Crippen LogP contribution >= 0.6 is 0 Å². The molecule has 0 saturated heterocycles. The Hall–Kier alpha value is -2.34. The molecule has 0 aromatic heterocycles. The minimum atomic E-state index is 1.27. The summed E-state index contributed by atoms with van der Waals surface area (Å²) in [4.78, 5) is 0. The summed E-state index contributed by atoms with van der Waals surface area (Å²) >= 11 is 0. The van der Waals surface area contributed by atoms with Gasteiger partial charge in [-0.05, 0) is 34.4 Å². The Bertz CT molecular complexity index is 716. The molecule has 0 fully saturated rings. The van der Waals surface area contributed by atoms with Gasteiger partial charge in [-0.2, -0.15) is 0 Å². The van der Waals surface area contributed by atoms with Gasteiger partial charge in [0.05, 0.1) is 0 Å². The highest BCUT2D eigenvalue weighted by atomic mass is 14.0. The smallest absolute Gasteiger partial charge is 0.0111 e. The number of hydrogen-bond donors (Lipinski definition) is 0. The van der Waals surface area contributed by atoms with Gasteiger partial charge in [-0.1, -0.05) is 78.9 Å². The highest BCUT2D eigenvalue weighted by Gasteiger charge is 1.99. The molecule has 3 aromatic carbocycles. The van der Waals surface area contributed by atoms with Gasteiger partial charge >= 0.3 is 0 Å². The van der Waals surface area contributed by atoms with Crippen molar-refractivity contribution in [2.45, 2.75) is 6.92 Å². The van der Waals surface area contributed by atoms with Crippen LogP contribution in [-0.2, 0) is 0 Å². The second kappa shape index (κ2) is 5.11. The molecule has 0 bridgehead atoms. The molecule has 0 heteroatoms. The first-order valence-corrected chi connectivity index (χ1v) is 6.56. The van der Waals surface area contributed by atoms with E-state index in [1.54, 1.807) is 0 Å². The van der Waals surface area contributed by atoms with E-state index in [9.17, 15) is 0 Å². The van der Waals surface area contributed by atoms with Crippen LogP contribution < -0.4 is 0 Å². The number of fused-ring (bicyclic) bond motifs is 1. The molecular formula is C19H16. The lowest BCUT2D eigenvalue weighted by Crippen LogP contribution is -1.81. The van der Waals surface area contributed by atoms with Crippen molar-refractivity contribution in [1.82, 2.24) is 0 Å². The molecule has 0 aliphatic rings. The van der Waals surface area contributed by atoms with Crippen LogP contribution in [0.15, 0.2) is 72.8 Å². The largest absolute Gasteiger partial charge is 0.0622 e. The summed E-state index contributed by atoms with van der Waals surface area (Å²) in [6.07, 6.45) is 2.26. The molecule has 0 aliphatic heterocycles. The van der Waals surface area contributed by atoms with Gasteiger partial charge in [0.15, 0.2) is 0 Å². The Kier molecular flexibility index (Phi) is 3.16. The van der Waals surface area contributed by atoms with E-state index in [0.717, 1.165) is 0 Å². The maximum Gasteiger partial charge on any atom is -0.0111 e. The van der Waals surface area contributed by atoms with E-state index < -0.39 is 0 Å². The third-order valence-electron chi connectivity index (χ3n) is 3.42. The summed E-state index contributed by atoms with van der Waals surface area (Å²) in [5.74, 6) is 0. The highest BCUT2D eigenvalue weighted by molar-refractivity contribution is 5.95. The lowest BCUT2D eigenvalue weighted by molar-refractivity contribution is 1.58. The van der Waals surface area contributed by atoms with Gasteiger partial charge in [0.2, 0.25) is 0 Å². The van der Waals surface area contributed by atoms with Gasteiger partial charge in [0, 0.05) is 0 Å². The second-order valence-electron chi connectivity index (χ2n) is 4.76. The monoisotopic (exact) mass is 244 g/mol. The molecule has 0 nitrogen and oxygen atoms in total. The van der Waals surface area contributed by atoms with E-state index >= 15 is 0 Å². The normalized spacial score (nSPS) is 11.7. The lowest BCUT2D eigenvalue weighted by atomic mass is 10.00. The number of allylic oxidation sites excluding steroid dienone is 1. The molecule has 3 rings (SSSR count). The van der Waals surface area contributed by atoms with Crippen LogP contribution in [0.2, 0.25) is 0 Å². The molecule has 0 saturated carbocycles. The summed E-state index contributed by atoms with van der Waals surface area (Å²) in [5.41, 5.74) is 3.84. The lowest BCUT2D eigenvalue weighted by Gasteiger charge is -2.05. The molecule has 0 atom stereocenters. The van der Waals surface area contributed by atoms with E-state index in [1.165, 1.54) is 27.5 Å². The van der Waals surface area contributed by atoms with Crippen molar-refractivity contribution < 1.29 is 0 Å². The maximum atomic E-state index is 2.26. The Balaban J connectivity index is 2.11. The molecule has 0 amide bonds. The van der Waals surface area contributed by atoms with Gasteiger partial charge < -0.3 is 0 Å². The number of rotatable bonds is 2. The summed E-state index contributed by atoms with van der Waals surface area (Å²) in [5, 5.41) is 2.59. The zero-order chi connectivity index (χ0) is 13.1. The Morgan fingerprint density at radius 3 is 2.26 bits per heavy atom. The molecule has 0 heterocycles. The van der Waals surface area contributed by atoms with Crippen LogP contribution in [0, 0.1) is 0 Å². The van der Waals surface area contributed by atoms with Gasteiger partial charge in [0.25, 0.3) is 0 Å². The van der Waals surface area contributed by atoms with Crippen molar-refractivity contribution in [2.24, 2.45) is 0 Å². The van der Waals surface area contributed by atoms with Crippen molar-refractivity contribution in [3.05, 3.63) is 83.9 Å². The van der Waals surface area contributed by atoms with Crippen molar-refractivity contribution in [2.75, 3.05) is 0 Å². The van der Waals surface area contributed by atoms with Crippen LogP contribution in [-0.4, -0.2) is 0 Å². The standard InChI is InChI=1S/C19H16/c1-15(16-8-3-2-4-9-16)14-18-12-7-11-17-10-5-6-13-19(17)18/h2-14H,1H3. The van der Waals surface area contributed by atoms with Gasteiger partial charge in [-0.3, -0.25) is 0 Å². The summed E-state index contributed by atoms with van der Waals surface area (Å²) in [7, 11) is 0. The average Bonchev–Trinajstić information content (AvgIpc) is 2.48. The van der Waals surface area contributed by atoms with Crippen LogP contribution in [0.4, 0.5) is 0 Å². The summed E-state index contributed by atoms with van der Waals surface area (Å²) in [6.45, 7) is 2.16. The zero-order valence-electron chi connectivity index (χ0n) is 11.0. The van der Waals surface area contributed by atoms with Crippen LogP contribution in [0.3, 0.4) is 0 Å². The molecule has 3 aromatic rings. The molecule has 0 radical (unpaired) electrons. The third kappa shape index (κ3) is 2.43. The Morgan fingerprint density at radius 1 is 0.737 bits per heavy atom. The Morgan fingerprint density at radius 2 is 1.42 bits per heavy atom. The van der Waals surface area contributed by atoms with Crippen LogP contribution in [0.5, 0.6) is 0 Å². The van der Waals surface area contributed by atoms with Crippen LogP contribution in [0.1, 0.15) is 18.1 Å². The second-order valence-corrected chi connectivity index (χ2v) is 4.76. The molecule has 0 aliphatic carbocycles. The predicted octanol–water partition coefficient (Wildman–Crippen LogP) is 5.40. The summed E-state index contributed by atoms with van der Waals surface area (Å²) in [6, 6.07) is 25.5. The van der Waals surface area contributed by atoms with Gasteiger partial charge in [0.1, 0.15) is 0 Å². The fourth-order valence-corrected chi connectivity index (χ4v) is 2.39. The first kappa shape index (κ1) is 11.7. The molecule has 0 spiro atoms. The molecule has 0 unspecified atom stereocenters. The van der Waals surface area contributed by atoms with E-state index in [-0.39, 0.29) is 0 Å². The Labute approximate surface area is 114 Å².